The minimum Gasteiger partial charge on any atom is -0.331 e. The van der Waals surface area contributed by atoms with Crippen LogP contribution in [0.5, 0.6) is 0 Å². The molecule has 3 heteroatoms. The second-order valence-corrected chi connectivity index (χ2v) is 7.92. The number of rotatable bonds is 4. The molecule has 1 aliphatic rings. The van der Waals surface area contributed by atoms with Gasteiger partial charge in [-0.15, -0.1) is 0 Å². The third-order valence-electron chi connectivity index (χ3n) is 3.05. The molecule has 0 saturated heterocycles. The minimum absolute atomic E-state index is 0.130. The number of halogens is 1. The first-order valence-electron chi connectivity index (χ1n) is 7.73. The molecule has 1 heterocycles. The van der Waals surface area contributed by atoms with Gasteiger partial charge in [0.25, 0.3) is 0 Å². The Labute approximate surface area is 135 Å². The molecule has 0 amide bonds. The number of amidine groups is 1. The molecule has 2 nitrogen and oxygen atoms in total. The highest BCUT2D eigenvalue weighted by Gasteiger charge is 2.25. The molecule has 0 radical (unpaired) electrons. The second-order valence-electron chi connectivity index (χ2n) is 7.51. The van der Waals surface area contributed by atoms with Crippen LogP contribution in [-0.4, -0.2) is 11.4 Å². The van der Waals surface area contributed by atoms with Crippen LogP contribution < -0.4 is 5.32 Å². The van der Waals surface area contributed by atoms with E-state index < -0.39 is 0 Å². The van der Waals surface area contributed by atoms with E-state index in [-0.39, 0.29) is 11.0 Å². The van der Waals surface area contributed by atoms with Crippen molar-refractivity contribution >= 4 is 17.4 Å². The third-order valence-corrected chi connectivity index (χ3v) is 3.27. The monoisotopic (exact) mass is 308 g/mol. The van der Waals surface area contributed by atoms with E-state index in [0.29, 0.717) is 5.16 Å². The maximum Gasteiger partial charge on any atom is 0.126 e. The molecule has 1 N–H and O–H groups in total. The van der Waals surface area contributed by atoms with Gasteiger partial charge in [0.05, 0.1) is 5.54 Å². The van der Waals surface area contributed by atoms with Gasteiger partial charge in [0.15, 0.2) is 0 Å². The van der Waals surface area contributed by atoms with Crippen LogP contribution in [0.25, 0.3) is 0 Å². The zero-order valence-corrected chi connectivity index (χ0v) is 15.0. The van der Waals surface area contributed by atoms with Crippen molar-refractivity contribution in [1.82, 2.24) is 5.32 Å². The molecule has 118 valence electrons. The van der Waals surface area contributed by atoms with E-state index in [4.69, 9.17) is 16.6 Å². The fraction of sp³-hybridized carbons (Fsp3) is 0.611. The molecule has 0 aromatic rings. The summed E-state index contributed by atoms with van der Waals surface area (Å²) < 4.78 is 0. The van der Waals surface area contributed by atoms with Crippen LogP contribution in [0.4, 0.5) is 0 Å². The highest BCUT2D eigenvalue weighted by atomic mass is 35.5. The normalized spacial score (nSPS) is 21.2. The van der Waals surface area contributed by atoms with Crippen molar-refractivity contribution in [3.63, 3.8) is 0 Å². The second kappa shape index (κ2) is 7.31. The summed E-state index contributed by atoms with van der Waals surface area (Å²) in [6.07, 6.45) is 11.2. The Morgan fingerprint density at radius 2 is 1.86 bits per heavy atom. The first-order valence-corrected chi connectivity index (χ1v) is 8.10. The Kier molecular flexibility index (Phi) is 6.27. The number of hydrogen-bond acceptors (Lipinski definition) is 1. The van der Waals surface area contributed by atoms with E-state index in [1.807, 2.05) is 12.2 Å². The maximum atomic E-state index is 6.16. The van der Waals surface area contributed by atoms with Crippen molar-refractivity contribution in [3.05, 3.63) is 35.0 Å². The topological polar surface area (TPSA) is 24.4 Å². The highest BCUT2D eigenvalue weighted by molar-refractivity contribution is 6.30. The molecule has 0 spiro atoms. The summed E-state index contributed by atoms with van der Waals surface area (Å²) in [5, 5.41) is 3.80. The average Bonchev–Trinajstić information content (AvgIpc) is 2.22. The molecule has 0 aromatic heterocycles. The van der Waals surface area contributed by atoms with Gasteiger partial charge < -0.3 is 5.32 Å². The summed E-state index contributed by atoms with van der Waals surface area (Å²) in [6, 6.07) is 0. The van der Waals surface area contributed by atoms with Crippen LogP contribution in [0.3, 0.4) is 0 Å². The van der Waals surface area contributed by atoms with Crippen molar-refractivity contribution in [3.8, 4) is 0 Å². The van der Waals surface area contributed by atoms with Gasteiger partial charge in [0.1, 0.15) is 11.0 Å². The summed E-state index contributed by atoms with van der Waals surface area (Å²) in [5.74, 6) is 0.846. The van der Waals surface area contributed by atoms with Gasteiger partial charge in [-0.2, -0.15) is 0 Å². The Balaban J connectivity index is 3.08. The maximum absolute atomic E-state index is 6.16. The summed E-state index contributed by atoms with van der Waals surface area (Å²) >= 11 is 6.16. The smallest absolute Gasteiger partial charge is 0.126 e. The van der Waals surface area contributed by atoms with E-state index in [0.717, 1.165) is 25.1 Å². The lowest BCUT2D eigenvalue weighted by molar-refractivity contribution is 0.288. The van der Waals surface area contributed by atoms with Crippen molar-refractivity contribution in [2.75, 3.05) is 0 Å². The van der Waals surface area contributed by atoms with Gasteiger partial charge in [0.2, 0.25) is 0 Å². The molecule has 0 fully saturated rings. The van der Waals surface area contributed by atoms with E-state index >= 15 is 0 Å². The standard InChI is InChI=1S/C18H29ClN2/c1-7-9-14-10-8-11-15(19)20-16(12-14)21-18(5,6)13-17(2,3)4/h8,10-12H,7,9,13H2,1-6H3,(H,20,21). The average molecular weight is 309 g/mol. The Hall–Kier alpha value is -1.02. The van der Waals surface area contributed by atoms with Gasteiger partial charge in [-0.1, -0.05) is 57.9 Å². The molecule has 0 aromatic carbocycles. The molecular formula is C18H29ClN2. The number of allylic oxidation sites excluding steroid dienone is 4. The summed E-state index contributed by atoms with van der Waals surface area (Å²) in [6.45, 7) is 13.3. The zero-order chi connectivity index (χ0) is 16.1. The van der Waals surface area contributed by atoms with Gasteiger partial charge in [-0.05, 0) is 49.8 Å². The van der Waals surface area contributed by atoms with E-state index in [9.17, 15) is 0 Å². The van der Waals surface area contributed by atoms with Gasteiger partial charge >= 0.3 is 0 Å². The highest BCUT2D eigenvalue weighted by Crippen LogP contribution is 2.29. The lowest BCUT2D eigenvalue weighted by Crippen LogP contribution is -2.30. The minimum atomic E-state index is -0.130. The molecule has 0 unspecified atom stereocenters. The first-order chi connectivity index (χ1) is 9.61. The van der Waals surface area contributed by atoms with E-state index in [1.54, 1.807) is 0 Å². The van der Waals surface area contributed by atoms with Crippen molar-refractivity contribution in [2.24, 2.45) is 10.4 Å². The predicted molar refractivity (Wildman–Crippen MR) is 94.8 cm³/mol. The van der Waals surface area contributed by atoms with Crippen molar-refractivity contribution < 1.29 is 0 Å². The summed E-state index contributed by atoms with van der Waals surface area (Å²) in [4.78, 5) is 4.91. The molecule has 0 atom stereocenters. The van der Waals surface area contributed by atoms with Crippen LogP contribution in [0.2, 0.25) is 0 Å². The fourth-order valence-electron chi connectivity index (χ4n) is 2.85. The van der Waals surface area contributed by atoms with Crippen LogP contribution in [-0.2, 0) is 0 Å². The molecule has 0 saturated carbocycles. The molecule has 1 rings (SSSR count). The van der Waals surface area contributed by atoms with Gasteiger partial charge in [-0.3, -0.25) is 4.99 Å². The first kappa shape index (κ1) is 18.0. The largest absolute Gasteiger partial charge is 0.331 e. The quantitative estimate of drug-likeness (QED) is 0.675. The predicted octanol–water partition coefficient (Wildman–Crippen LogP) is 5.57. The lowest BCUT2D eigenvalue weighted by Gasteiger charge is -2.30. The number of nitrogens with one attached hydrogen (secondary N) is 1. The molecule has 0 bridgehead atoms. The van der Waals surface area contributed by atoms with Crippen LogP contribution in [0, 0.1) is 5.41 Å². The molecule has 1 aliphatic heterocycles. The Bertz CT molecular complexity index is 474. The Morgan fingerprint density at radius 3 is 2.43 bits per heavy atom. The van der Waals surface area contributed by atoms with E-state index in [2.05, 4.69) is 59.0 Å². The molecule has 21 heavy (non-hydrogen) atoms. The van der Waals surface area contributed by atoms with Gasteiger partial charge in [-0.25, -0.2) is 0 Å². The number of aliphatic imine (C=N–C) groups is 1. The van der Waals surface area contributed by atoms with Crippen LogP contribution in [0.15, 0.2) is 40.0 Å². The summed E-state index contributed by atoms with van der Waals surface area (Å²) in [7, 11) is 0. The Morgan fingerprint density at radius 1 is 1.19 bits per heavy atom. The number of nitrogens with zero attached hydrogens (tertiary/aromatic N) is 1. The van der Waals surface area contributed by atoms with Crippen molar-refractivity contribution in [1.29, 1.82) is 0 Å². The van der Waals surface area contributed by atoms with Gasteiger partial charge in [0, 0.05) is 0 Å². The van der Waals surface area contributed by atoms with Crippen LogP contribution >= 0.6 is 11.6 Å². The SMILES string of the molecule is CCCC1=CC(=NC(C)(C)CC(C)(C)C)N/C(Cl)=C/C=C1. The van der Waals surface area contributed by atoms with Crippen LogP contribution in [0.1, 0.15) is 60.8 Å². The van der Waals surface area contributed by atoms with E-state index in [1.165, 1.54) is 5.57 Å². The fourth-order valence-corrected chi connectivity index (χ4v) is 3.02. The molecule has 0 aliphatic carbocycles. The lowest BCUT2D eigenvalue weighted by atomic mass is 9.82. The third kappa shape index (κ3) is 7.52. The molecular weight excluding hydrogens is 280 g/mol. The van der Waals surface area contributed by atoms with Crippen molar-refractivity contribution in [2.45, 2.75) is 66.3 Å². The zero-order valence-electron chi connectivity index (χ0n) is 14.3. The number of hydrogen-bond donors (Lipinski definition) is 1. The summed E-state index contributed by atoms with van der Waals surface area (Å²) in [5.41, 5.74) is 1.38.